The maximum Gasteiger partial charge on any atom is 0.264 e. The van der Waals surface area contributed by atoms with Crippen LogP contribution >= 0.6 is 0 Å². The number of hydrogen-bond acceptors (Lipinski definition) is 3. The van der Waals surface area contributed by atoms with Gasteiger partial charge in [-0.05, 0) is 41.5 Å². The summed E-state index contributed by atoms with van der Waals surface area (Å²) in [5, 5.41) is 3.19. The predicted octanol–water partition coefficient (Wildman–Crippen LogP) is 4.40. The van der Waals surface area contributed by atoms with Gasteiger partial charge >= 0.3 is 0 Å². The molecule has 0 saturated carbocycles. The van der Waals surface area contributed by atoms with Gasteiger partial charge in [-0.2, -0.15) is 0 Å². The van der Waals surface area contributed by atoms with Crippen molar-refractivity contribution >= 4 is 17.5 Å². The van der Waals surface area contributed by atoms with E-state index in [1.807, 2.05) is 6.07 Å². The second-order valence-electron chi connectivity index (χ2n) is 7.08. The molecular weight excluding hydrogens is 296 g/mol. The Labute approximate surface area is 136 Å². The number of aliphatic imine (C=N–C) groups is 1. The van der Waals surface area contributed by atoms with E-state index >= 15 is 0 Å². The smallest absolute Gasteiger partial charge is 0.264 e. The van der Waals surface area contributed by atoms with Gasteiger partial charge in [0.1, 0.15) is 0 Å². The summed E-state index contributed by atoms with van der Waals surface area (Å²) in [7, 11) is 0. The van der Waals surface area contributed by atoms with Crippen LogP contribution in [0, 0.1) is 5.41 Å². The molecule has 5 heteroatoms. The Morgan fingerprint density at radius 3 is 2.74 bits per heavy atom. The van der Waals surface area contributed by atoms with Crippen molar-refractivity contribution in [2.24, 2.45) is 16.1 Å². The summed E-state index contributed by atoms with van der Waals surface area (Å²) >= 11 is 0. The fourth-order valence-corrected chi connectivity index (χ4v) is 2.59. The number of aryl methyl sites for hydroxylation is 1. The van der Waals surface area contributed by atoms with Crippen molar-refractivity contribution in [2.45, 2.75) is 40.0 Å². The molecule has 0 radical (unpaired) electrons. The molecule has 0 saturated heterocycles. The molecule has 2 rings (SSSR count). The van der Waals surface area contributed by atoms with Crippen LogP contribution in [-0.2, 0) is 6.42 Å². The van der Waals surface area contributed by atoms with Crippen molar-refractivity contribution < 1.29 is 8.78 Å². The van der Waals surface area contributed by atoms with E-state index in [9.17, 15) is 8.78 Å². The van der Waals surface area contributed by atoms with Gasteiger partial charge in [0.25, 0.3) is 6.43 Å². The highest BCUT2D eigenvalue weighted by Gasteiger charge is 2.20. The SMILES string of the molecule is CC(C)(C)CN=CC(=CN)c1cc2c(cc1C(F)F)NCCC2. The second kappa shape index (κ2) is 7.11. The molecule has 3 N–H and O–H groups in total. The molecule has 0 fully saturated rings. The van der Waals surface area contributed by atoms with E-state index in [1.165, 1.54) is 6.20 Å². The molecule has 23 heavy (non-hydrogen) atoms. The molecule has 1 aliphatic rings. The zero-order chi connectivity index (χ0) is 17.0. The standard InChI is InChI=1S/C18H25F2N3/c1-18(2,3)11-22-10-13(9-21)14-7-12-5-4-6-23-16(12)8-15(14)17(19)20/h7-10,17,23H,4-6,11,21H2,1-3H3. The van der Waals surface area contributed by atoms with Gasteiger partial charge in [-0.25, -0.2) is 8.78 Å². The van der Waals surface area contributed by atoms with Crippen LogP contribution in [0.1, 0.15) is 50.3 Å². The van der Waals surface area contributed by atoms with Gasteiger partial charge in [0.15, 0.2) is 0 Å². The van der Waals surface area contributed by atoms with E-state index in [0.717, 1.165) is 30.6 Å². The Morgan fingerprint density at radius 1 is 1.39 bits per heavy atom. The average Bonchev–Trinajstić information content (AvgIpc) is 2.49. The molecule has 0 atom stereocenters. The molecule has 0 amide bonds. The minimum absolute atomic E-state index is 0.00272. The molecule has 1 aliphatic heterocycles. The lowest BCUT2D eigenvalue weighted by atomic mass is 9.93. The molecule has 1 aromatic rings. The van der Waals surface area contributed by atoms with Crippen molar-refractivity contribution in [1.82, 2.24) is 0 Å². The molecular formula is C18H25F2N3. The topological polar surface area (TPSA) is 50.4 Å². The molecule has 1 aromatic carbocycles. The number of fused-ring (bicyclic) bond motifs is 1. The van der Waals surface area contributed by atoms with Gasteiger partial charge in [-0.3, -0.25) is 4.99 Å². The third kappa shape index (κ3) is 4.53. The summed E-state index contributed by atoms with van der Waals surface area (Å²) < 4.78 is 26.9. The monoisotopic (exact) mass is 321 g/mol. The van der Waals surface area contributed by atoms with E-state index in [-0.39, 0.29) is 11.0 Å². The van der Waals surface area contributed by atoms with Crippen LogP contribution in [0.3, 0.4) is 0 Å². The summed E-state index contributed by atoms with van der Waals surface area (Å²) in [6, 6.07) is 3.38. The normalized spacial score (nSPS) is 15.8. The number of nitrogens with one attached hydrogen (secondary N) is 1. The van der Waals surface area contributed by atoms with Crippen LogP contribution in [-0.4, -0.2) is 19.3 Å². The van der Waals surface area contributed by atoms with Crippen molar-refractivity contribution in [1.29, 1.82) is 0 Å². The number of benzene rings is 1. The van der Waals surface area contributed by atoms with Crippen molar-refractivity contribution in [3.63, 3.8) is 0 Å². The molecule has 3 nitrogen and oxygen atoms in total. The Kier molecular flexibility index (Phi) is 5.39. The Hall–Kier alpha value is -1.91. The van der Waals surface area contributed by atoms with E-state index in [4.69, 9.17) is 5.73 Å². The van der Waals surface area contributed by atoms with Crippen LogP contribution in [0.5, 0.6) is 0 Å². The maximum atomic E-state index is 13.5. The van der Waals surface area contributed by atoms with Crippen molar-refractivity contribution in [3.8, 4) is 0 Å². The molecule has 1 heterocycles. The highest BCUT2D eigenvalue weighted by molar-refractivity contribution is 6.10. The molecule has 0 spiro atoms. The summed E-state index contributed by atoms with van der Waals surface area (Å²) in [5.74, 6) is 0. The van der Waals surface area contributed by atoms with E-state index in [0.29, 0.717) is 17.7 Å². The van der Waals surface area contributed by atoms with Gasteiger partial charge in [0.2, 0.25) is 0 Å². The van der Waals surface area contributed by atoms with E-state index in [2.05, 4.69) is 31.1 Å². The highest BCUT2D eigenvalue weighted by Crippen LogP contribution is 2.34. The van der Waals surface area contributed by atoms with Gasteiger partial charge in [-0.15, -0.1) is 0 Å². The first-order chi connectivity index (χ1) is 10.8. The van der Waals surface area contributed by atoms with Gasteiger partial charge in [-0.1, -0.05) is 20.8 Å². The fraction of sp³-hybridized carbons (Fsp3) is 0.500. The van der Waals surface area contributed by atoms with Crippen LogP contribution in [0.2, 0.25) is 0 Å². The van der Waals surface area contributed by atoms with Crippen molar-refractivity contribution in [3.05, 3.63) is 35.0 Å². The third-order valence-electron chi connectivity index (χ3n) is 3.74. The Balaban J connectivity index is 2.39. The number of rotatable bonds is 4. The van der Waals surface area contributed by atoms with Crippen LogP contribution in [0.25, 0.3) is 5.57 Å². The second-order valence-corrected chi connectivity index (χ2v) is 7.08. The average molecular weight is 321 g/mol. The zero-order valence-electron chi connectivity index (χ0n) is 14.0. The number of hydrogen-bond donors (Lipinski definition) is 2. The molecule has 0 bridgehead atoms. The number of alkyl halides is 2. The summed E-state index contributed by atoms with van der Waals surface area (Å²) in [6.07, 6.45) is 2.30. The van der Waals surface area contributed by atoms with Gasteiger partial charge < -0.3 is 11.1 Å². The summed E-state index contributed by atoms with van der Waals surface area (Å²) in [6.45, 7) is 7.66. The first-order valence-corrected chi connectivity index (χ1v) is 7.93. The number of nitrogens with zero attached hydrogens (tertiary/aromatic N) is 1. The fourth-order valence-electron chi connectivity index (χ4n) is 2.59. The largest absolute Gasteiger partial charge is 0.404 e. The van der Waals surface area contributed by atoms with Crippen LogP contribution in [0.15, 0.2) is 23.3 Å². The first-order valence-electron chi connectivity index (χ1n) is 7.93. The lowest BCUT2D eigenvalue weighted by Crippen LogP contribution is -2.13. The number of anilines is 1. The Bertz CT molecular complexity index is 613. The molecule has 0 aromatic heterocycles. The molecule has 0 unspecified atom stereocenters. The third-order valence-corrected chi connectivity index (χ3v) is 3.74. The van der Waals surface area contributed by atoms with Gasteiger partial charge in [0.05, 0.1) is 0 Å². The number of halogens is 2. The molecule has 126 valence electrons. The lowest BCUT2D eigenvalue weighted by Gasteiger charge is -2.21. The van der Waals surface area contributed by atoms with Gasteiger partial charge in [0, 0.05) is 42.3 Å². The highest BCUT2D eigenvalue weighted by atomic mass is 19.3. The molecule has 0 aliphatic carbocycles. The summed E-state index contributed by atoms with van der Waals surface area (Å²) in [4.78, 5) is 4.37. The lowest BCUT2D eigenvalue weighted by molar-refractivity contribution is 0.151. The van der Waals surface area contributed by atoms with E-state index < -0.39 is 6.43 Å². The predicted molar refractivity (Wildman–Crippen MR) is 93.2 cm³/mol. The van der Waals surface area contributed by atoms with Crippen LogP contribution < -0.4 is 11.1 Å². The van der Waals surface area contributed by atoms with Crippen LogP contribution in [0.4, 0.5) is 14.5 Å². The van der Waals surface area contributed by atoms with Crippen molar-refractivity contribution in [2.75, 3.05) is 18.4 Å². The number of nitrogens with two attached hydrogens (primary N) is 1. The summed E-state index contributed by atoms with van der Waals surface area (Å²) in [5.41, 5.74) is 8.60. The zero-order valence-corrected chi connectivity index (χ0v) is 14.0. The first kappa shape index (κ1) is 17.4. The van der Waals surface area contributed by atoms with E-state index in [1.54, 1.807) is 12.3 Å². The maximum absolute atomic E-state index is 13.5. The Morgan fingerprint density at radius 2 is 2.13 bits per heavy atom. The minimum atomic E-state index is -2.55. The quantitative estimate of drug-likeness (QED) is 0.808. The minimum Gasteiger partial charge on any atom is -0.404 e. The number of allylic oxidation sites excluding steroid dienone is 1.